The minimum absolute atomic E-state index is 0.0984. The molecule has 1 fully saturated rings. The van der Waals surface area contributed by atoms with E-state index >= 15 is 0 Å². The van der Waals surface area contributed by atoms with Crippen LogP contribution in [0.1, 0.15) is 64.2 Å². The van der Waals surface area contributed by atoms with Crippen molar-refractivity contribution in [3.63, 3.8) is 0 Å². The Hall–Kier alpha value is -4.72. The molecule has 0 aromatic heterocycles. The molecule has 0 amide bonds. The summed E-state index contributed by atoms with van der Waals surface area (Å²) in [7, 11) is -3.54. The van der Waals surface area contributed by atoms with E-state index in [1.807, 2.05) is 88.0 Å². The molecular weight excluding hydrogens is 719 g/mol. The van der Waals surface area contributed by atoms with Crippen LogP contribution in [-0.4, -0.2) is 50.8 Å². The van der Waals surface area contributed by atoms with Crippen molar-refractivity contribution < 1.29 is 45.7 Å². The van der Waals surface area contributed by atoms with Crippen molar-refractivity contribution in [3.8, 4) is 17.2 Å². The standard InChI is InChI=1S/C41H48F2N2O8S/c1-27-37(44-54(7,47)48)12-9-13-38(27)45(25-29-16-17-30(42)20-36(29)43)24-28-14-18-31(19-15-28)50-33-11-8-10-32(21-33)49-26-35-22-34(51-41(5,6)52-35)23-39(46)53-40(2,3)4/h8-21,34-35,44H,22-26H2,1-7H3/t34-,35+/m1/s1. The quantitative estimate of drug-likeness (QED) is 0.126. The summed E-state index contributed by atoms with van der Waals surface area (Å²) in [6.07, 6.45) is 0.955. The van der Waals surface area contributed by atoms with Crippen molar-refractivity contribution in [2.75, 3.05) is 22.5 Å². The van der Waals surface area contributed by atoms with Crippen LogP contribution in [0.3, 0.4) is 0 Å². The maximum Gasteiger partial charge on any atom is 0.308 e. The Morgan fingerprint density at radius 2 is 1.59 bits per heavy atom. The van der Waals surface area contributed by atoms with Crippen LogP contribution < -0.4 is 19.1 Å². The SMILES string of the molecule is Cc1c(NS(C)(=O)=O)cccc1N(Cc1ccc(Oc2cccc(OC[C@@H]3C[C@H](CC(=O)OC(C)(C)C)OC(C)(C)O3)c2)cc1)Cc1ccc(F)cc1F. The average Bonchev–Trinajstić information content (AvgIpc) is 3.04. The Kier molecular flexibility index (Phi) is 12.5. The van der Waals surface area contributed by atoms with Crippen molar-refractivity contribution in [2.24, 2.45) is 0 Å². The van der Waals surface area contributed by atoms with Crippen LogP contribution in [-0.2, 0) is 42.1 Å². The van der Waals surface area contributed by atoms with E-state index < -0.39 is 33.0 Å². The highest BCUT2D eigenvalue weighted by molar-refractivity contribution is 7.92. The molecular formula is C41H48F2N2O8S. The van der Waals surface area contributed by atoms with Gasteiger partial charge in [0.2, 0.25) is 10.0 Å². The topological polar surface area (TPSA) is 113 Å². The van der Waals surface area contributed by atoms with Crippen LogP contribution in [0.2, 0.25) is 0 Å². The number of nitrogens with one attached hydrogen (secondary N) is 1. The van der Waals surface area contributed by atoms with Crippen molar-refractivity contribution in [2.45, 2.75) is 91.1 Å². The number of carbonyl (C=O) groups is 1. The van der Waals surface area contributed by atoms with E-state index in [0.29, 0.717) is 47.2 Å². The molecule has 4 aromatic carbocycles. The second-order valence-electron chi connectivity index (χ2n) is 14.9. The molecule has 5 rings (SSSR count). The van der Waals surface area contributed by atoms with Crippen LogP contribution in [0.15, 0.2) is 84.9 Å². The summed E-state index contributed by atoms with van der Waals surface area (Å²) in [4.78, 5) is 14.4. The molecule has 1 saturated heterocycles. The van der Waals surface area contributed by atoms with E-state index in [2.05, 4.69) is 4.72 Å². The lowest BCUT2D eigenvalue weighted by Crippen LogP contribution is -2.47. The zero-order chi connectivity index (χ0) is 39.3. The van der Waals surface area contributed by atoms with Gasteiger partial charge in [-0.15, -0.1) is 0 Å². The Labute approximate surface area is 316 Å². The van der Waals surface area contributed by atoms with Gasteiger partial charge in [-0.1, -0.05) is 30.3 Å². The summed E-state index contributed by atoms with van der Waals surface area (Å²) in [5, 5.41) is 0. The van der Waals surface area contributed by atoms with E-state index in [-0.39, 0.29) is 43.3 Å². The fourth-order valence-electron chi connectivity index (χ4n) is 6.21. The van der Waals surface area contributed by atoms with E-state index in [1.165, 1.54) is 12.1 Å². The van der Waals surface area contributed by atoms with Crippen LogP contribution in [0.4, 0.5) is 20.2 Å². The van der Waals surface area contributed by atoms with Crippen molar-refractivity contribution in [1.29, 1.82) is 0 Å². The van der Waals surface area contributed by atoms with Crippen LogP contribution in [0.25, 0.3) is 0 Å². The number of sulfonamides is 1. The Balaban J connectivity index is 1.25. The summed E-state index contributed by atoms with van der Waals surface area (Å²) >= 11 is 0. The summed E-state index contributed by atoms with van der Waals surface area (Å²) in [6.45, 7) is 11.5. The Bertz CT molecular complexity index is 2030. The molecule has 0 radical (unpaired) electrons. The second kappa shape index (κ2) is 16.7. The van der Waals surface area contributed by atoms with Gasteiger partial charge >= 0.3 is 5.97 Å². The molecule has 13 heteroatoms. The molecule has 0 spiro atoms. The normalized spacial score (nSPS) is 17.1. The second-order valence-corrected chi connectivity index (χ2v) is 16.6. The van der Waals surface area contributed by atoms with E-state index in [1.54, 1.807) is 25.1 Å². The van der Waals surface area contributed by atoms with Gasteiger partial charge in [-0.2, -0.15) is 0 Å². The first-order chi connectivity index (χ1) is 25.3. The van der Waals surface area contributed by atoms with Crippen LogP contribution >= 0.6 is 0 Å². The number of hydrogen-bond donors (Lipinski definition) is 1. The first kappa shape index (κ1) is 40.5. The fourth-order valence-corrected chi connectivity index (χ4v) is 6.83. The summed E-state index contributed by atoms with van der Waals surface area (Å²) < 4.78 is 84.9. The lowest BCUT2D eigenvalue weighted by atomic mass is 10.1. The molecule has 0 unspecified atom stereocenters. The fraction of sp³-hybridized carbons (Fsp3) is 0.390. The van der Waals surface area contributed by atoms with Crippen molar-refractivity contribution in [3.05, 3.63) is 113 Å². The third kappa shape index (κ3) is 12.2. The molecule has 10 nitrogen and oxygen atoms in total. The number of esters is 1. The number of rotatable bonds is 14. The lowest BCUT2D eigenvalue weighted by molar-refractivity contribution is -0.303. The molecule has 1 heterocycles. The van der Waals surface area contributed by atoms with Gasteiger partial charge in [-0.3, -0.25) is 9.52 Å². The summed E-state index contributed by atoms with van der Waals surface area (Å²) in [5.41, 5.74) is 2.30. The molecule has 2 atom stereocenters. The molecule has 0 aliphatic carbocycles. The monoisotopic (exact) mass is 766 g/mol. The highest BCUT2D eigenvalue weighted by Gasteiger charge is 2.37. The maximum absolute atomic E-state index is 14.8. The zero-order valence-corrected chi connectivity index (χ0v) is 32.5. The largest absolute Gasteiger partial charge is 0.491 e. The molecule has 1 N–H and O–H groups in total. The van der Waals surface area contributed by atoms with Crippen molar-refractivity contribution >= 4 is 27.4 Å². The Morgan fingerprint density at radius 3 is 2.28 bits per heavy atom. The number of hydrogen-bond acceptors (Lipinski definition) is 9. The van der Waals surface area contributed by atoms with Crippen LogP contribution in [0, 0.1) is 18.6 Å². The predicted molar refractivity (Wildman–Crippen MR) is 203 cm³/mol. The first-order valence-corrected chi connectivity index (χ1v) is 19.5. The molecule has 0 bridgehead atoms. The predicted octanol–water partition coefficient (Wildman–Crippen LogP) is 8.66. The molecule has 4 aromatic rings. The van der Waals surface area contributed by atoms with E-state index in [4.69, 9.17) is 23.7 Å². The van der Waals surface area contributed by atoms with Crippen molar-refractivity contribution in [1.82, 2.24) is 0 Å². The number of nitrogens with zero attached hydrogens (tertiary/aromatic N) is 1. The first-order valence-electron chi connectivity index (χ1n) is 17.6. The third-order valence-corrected chi connectivity index (χ3v) is 8.92. The number of halogens is 2. The number of carbonyl (C=O) groups excluding carboxylic acids is 1. The number of anilines is 2. The Morgan fingerprint density at radius 1 is 0.907 bits per heavy atom. The van der Waals surface area contributed by atoms with Gasteiger partial charge in [0, 0.05) is 42.9 Å². The van der Waals surface area contributed by atoms with Gasteiger partial charge in [0.15, 0.2) is 5.79 Å². The smallest absolute Gasteiger partial charge is 0.308 e. The highest BCUT2D eigenvalue weighted by Crippen LogP contribution is 2.33. The van der Waals surface area contributed by atoms with E-state index in [9.17, 15) is 22.0 Å². The molecule has 1 aliphatic rings. The van der Waals surface area contributed by atoms with Gasteiger partial charge in [0.05, 0.1) is 30.6 Å². The van der Waals surface area contributed by atoms with Gasteiger partial charge < -0.3 is 28.6 Å². The van der Waals surface area contributed by atoms with Gasteiger partial charge in [-0.05, 0) is 95.1 Å². The minimum atomic E-state index is -3.54. The summed E-state index contributed by atoms with van der Waals surface area (Å²) in [6, 6.07) is 23.3. The molecule has 290 valence electrons. The summed E-state index contributed by atoms with van der Waals surface area (Å²) in [5.74, 6) is -0.879. The van der Waals surface area contributed by atoms with Crippen LogP contribution in [0.5, 0.6) is 17.2 Å². The van der Waals surface area contributed by atoms with Gasteiger partial charge in [0.25, 0.3) is 0 Å². The average molecular weight is 767 g/mol. The minimum Gasteiger partial charge on any atom is -0.491 e. The maximum atomic E-state index is 14.8. The van der Waals surface area contributed by atoms with E-state index in [0.717, 1.165) is 17.9 Å². The number of ether oxygens (including phenoxy) is 5. The lowest BCUT2D eigenvalue weighted by Gasteiger charge is -2.40. The molecule has 1 aliphatic heterocycles. The zero-order valence-electron chi connectivity index (χ0n) is 31.7. The van der Waals surface area contributed by atoms with Gasteiger partial charge in [-0.25, -0.2) is 17.2 Å². The third-order valence-electron chi connectivity index (χ3n) is 8.33. The number of benzene rings is 4. The molecule has 54 heavy (non-hydrogen) atoms. The van der Waals surface area contributed by atoms with Gasteiger partial charge in [0.1, 0.15) is 41.1 Å². The molecule has 0 saturated carbocycles. The highest BCUT2D eigenvalue weighted by atomic mass is 32.2.